The molecule has 0 unspecified atom stereocenters. The van der Waals surface area contributed by atoms with E-state index in [9.17, 15) is 9.59 Å². The van der Waals surface area contributed by atoms with E-state index in [-0.39, 0.29) is 18.4 Å². The van der Waals surface area contributed by atoms with Crippen molar-refractivity contribution in [3.05, 3.63) is 5.69 Å². The number of amides is 2. The summed E-state index contributed by atoms with van der Waals surface area (Å²) in [6.45, 7) is 7.98. The van der Waals surface area contributed by atoms with Crippen molar-refractivity contribution in [3.63, 3.8) is 0 Å². The maximum Gasteiger partial charge on any atom is 0.251 e. The summed E-state index contributed by atoms with van der Waals surface area (Å²) in [5, 5.41) is 6.67. The molecule has 1 aromatic heterocycles. The van der Waals surface area contributed by atoms with Gasteiger partial charge in [0.05, 0.1) is 17.9 Å². The molecule has 1 aliphatic rings. The number of hydrogen-bond acceptors (Lipinski definition) is 5. The maximum absolute atomic E-state index is 12.0. The van der Waals surface area contributed by atoms with Gasteiger partial charge in [0.25, 0.3) is 5.91 Å². The summed E-state index contributed by atoms with van der Waals surface area (Å²) < 4.78 is 1.72. The molecule has 0 saturated carbocycles. The molecule has 3 N–H and O–H groups in total. The fraction of sp³-hybridized carbons (Fsp3) is 0.583. The van der Waals surface area contributed by atoms with Crippen LogP contribution in [0, 0.1) is 6.92 Å². The second kappa shape index (κ2) is 4.25. The molecule has 0 atom stereocenters. The third-order valence-electron chi connectivity index (χ3n) is 3.49. The molecule has 2 amide bonds. The molecule has 1 fully saturated rings. The van der Waals surface area contributed by atoms with Gasteiger partial charge in [-0.25, -0.2) is 4.68 Å². The molecule has 2 heterocycles. The van der Waals surface area contributed by atoms with Crippen LogP contribution in [0.3, 0.4) is 0 Å². The smallest absolute Gasteiger partial charge is 0.251 e. The summed E-state index contributed by atoms with van der Waals surface area (Å²) in [6, 6.07) is 0. The Morgan fingerprint density at radius 1 is 1.42 bits per heavy atom. The van der Waals surface area contributed by atoms with Crippen LogP contribution >= 0.6 is 0 Å². The first-order chi connectivity index (χ1) is 8.78. The van der Waals surface area contributed by atoms with Crippen LogP contribution in [-0.4, -0.2) is 33.7 Å². The SMILES string of the molecule is CCn1nc(C)c(N)c1N1CC(=O)NC(=O)C1(C)C. The predicted octanol–water partition coefficient (Wildman–Crippen LogP) is 0.0350. The van der Waals surface area contributed by atoms with Crippen LogP contribution in [0.5, 0.6) is 0 Å². The van der Waals surface area contributed by atoms with Crippen molar-refractivity contribution in [2.75, 3.05) is 17.2 Å². The lowest BCUT2D eigenvalue weighted by Crippen LogP contribution is -2.64. The zero-order valence-corrected chi connectivity index (χ0v) is 11.6. The van der Waals surface area contributed by atoms with Gasteiger partial charge in [0.15, 0.2) is 5.82 Å². The summed E-state index contributed by atoms with van der Waals surface area (Å²) in [5.41, 5.74) is 6.42. The Kier molecular flexibility index (Phi) is 3.00. The number of piperazine rings is 1. The number of aryl methyl sites for hydroxylation is 2. The van der Waals surface area contributed by atoms with Gasteiger partial charge in [-0.3, -0.25) is 14.9 Å². The van der Waals surface area contributed by atoms with Crippen molar-refractivity contribution in [1.29, 1.82) is 0 Å². The Morgan fingerprint density at radius 2 is 2.05 bits per heavy atom. The second-order valence-corrected chi connectivity index (χ2v) is 5.16. The Bertz CT molecular complexity index is 547. The monoisotopic (exact) mass is 265 g/mol. The summed E-state index contributed by atoms with van der Waals surface area (Å²) in [5.74, 6) is -0.0249. The van der Waals surface area contributed by atoms with Gasteiger partial charge in [-0.15, -0.1) is 0 Å². The van der Waals surface area contributed by atoms with Gasteiger partial charge < -0.3 is 10.6 Å². The number of nitrogens with one attached hydrogen (secondary N) is 1. The number of rotatable bonds is 2. The van der Waals surface area contributed by atoms with Crippen LogP contribution in [0.2, 0.25) is 0 Å². The number of nitrogens with zero attached hydrogens (tertiary/aromatic N) is 3. The first-order valence-electron chi connectivity index (χ1n) is 6.23. The zero-order valence-electron chi connectivity index (χ0n) is 11.6. The van der Waals surface area contributed by atoms with Gasteiger partial charge in [-0.1, -0.05) is 0 Å². The quantitative estimate of drug-likeness (QED) is 0.736. The highest BCUT2D eigenvalue weighted by Crippen LogP contribution is 2.33. The van der Waals surface area contributed by atoms with E-state index in [4.69, 9.17) is 5.73 Å². The number of carbonyl (C=O) groups is 2. The molecule has 0 aromatic carbocycles. The van der Waals surface area contributed by atoms with Gasteiger partial charge in [0, 0.05) is 6.54 Å². The van der Waals surface area contributed by atoms with E-state index in [1.165, 1.54) is 0 Å². The van der Waals surface area contributed by atoms with E-state index in [0.717, 1.165) is 0 Å². The molecule has 104 valence electrons. The molecule has 19 heavy (non-hydrogen) atoms. The molecule has 2 rings (SSSR count). The van der Waals surface area contributed by atoms with Crippen LogP contribution in [0.4, 0.5) is 11.5 Å². The number of hydrogen-bond donors (Lipinski definition) is 2. The van der Waals surface area contributed by atoms with Crippen molar-refractivity contribution in [3.8, 4) is 0 Å². The van der Waals surface area contributed by atoms with Gasteiger partial charge >= 0.3 is 0 Å². The third kappa shape index (κ3) is 1.94. The lowest BCUT2D eigenvalue weighted by atomic mass is 9.98. The van der Waals surface area contributed by atoms with Crippen molar-refractivity contribution in [1.82, 2.24) is 15.1 Å². The normalized spacial score (nSPS) is 18.6. The van der Waals surface area contributed by atoms with E-state index in [2.05, 4.69) is 10.4 Å². The number of nitrogens with two attached hydrogens (primary N) is 1. The molecular formula is C12H19N5O2. The largest absolute Gasteiger partial charge is 0.394 e. The summed E-state index contributed by atoms with van der Waals surface area (Å²) in [6.07, 6.45) is 0. The summed E-state index contributed by atoms with van der Waals surface area (Å²) in [7, 11) is 0. The van der Waals surface area contributed by atoms with E-state index in [1.54, 1.807) is 23.4 Å². The number of nitrogen functional groups attached to an aromatic ring is 1. The number of carbonyl (C=O) groups excluding carboxylic acids is 2. The molecular weight excluding hydrogens is 246 g/mol. The molecule has 1 aliphatic heterocycles. The lowest BCUT2D eigenvalue weighted by Gasteiger charge is -2.41. The maximum atomic E-state index is 12.0. The predicted molar refractivity (Wildman–Crippen MR) is 71.6 cm³/mol. The topological polar surface area (TPSA) is 93.2 Å². The average Bonchev–Trinajstić information content (AvgIpc) is 2.61. The van der Waals surface area contributed by atoms with Crippen LogP contribution in [0.15, 0.2) is 0 Å². The Balaban J connectivity index is 2.56. The summed E-state index contributed by atoms with van der Waals surface area (Å²) in [4.78, 5) is 25.3. The third-order valence-corrected chi connectivity index (χ3v) is 3.49. The highest BCUT2D eigenvalue weighted by molar-refractivity contribution is 6.07. The Hall–Kier alpha value is -2.05. The van der Waals surface area contributed by atoms with E-state index in [1.807, 2.05) is 13.8 Å². The van der Waals surface area contributed by atoms with E-state index in [0.29, 0.717) is 23.7 Å². The van der Waals surface area contributed by atoms with Gasteiger partial charge in [-0.2, -0.15) is 5.10 Å². The standard InChI is InChI=1S/C12H19N5O2/c1-5-17-10(9(13)7(2)15-17)16-6-8(18)14-11(19)12(16,3)4/h5-6,13H2,1-4H3,(H,14,18,19). The van der Waals surface area contributed by atoms with Crippen LogP contribution in [0.25, 0.3) is 0 Å². The molecule has 1 aromatic rings. The first kappa shape index (κ1) is 13.4. The van der Waals surface area contributed by atoms with E-state index < -0.39 is 5.54 Å². The fourth-order valence-corrected chi connectivity index (χ4v) is 2.21. The average molecular weight is 265 g/mol. The molecule has 7 nitrogen and oxygen atoms in total. The summed E-state index contributed by atoms with van der Waals surface area (Å²) >= 11 is 0. The van der Waals surface area contributed by atoms with Crippen molar-refractivity contribution in [2.45, 2.75) is 39.8 Å². The highest BCUT2D eigenvalue weighted by atomic mass is 16.2. The molecule has 0 aliphatic carbocycles. The van der Waals surface area contributed by atoms with Gasteiger partial charge in [-0.05, 0) is 27.7 Å². The van der Waals surface area contributed by atoms with Gasteiger partial charge in [0.2, 0.25) is 5.91 Å². The first-order valence-corrected chi connectivity index (χ1v) is 6.23. The zero-order chi connectivity index (χ0) is 14.4. The number of anilines is 2. The van der Waals surface area contributed by atoms with Crippen molar-refractivity contribution in [2.24, 2.45) is 0 Å². The van der Waals surface area contributed by atoms with Crippen LogP contribution < -0.4 is 16.0 Å². The number of imide groups is 1. The highest BCUT2D eigenvalue weighted by Gasteiger charge is 2.43. The number of aromatic nitrogens is 2. The fourth-order valence-electron chi connectivity index (χ4n) is 2.21. The second-order valence-electron chi connectivity index (χ2n) is 5.16. The molecule has 0 spiro atoms. The Labute approximate surface area is 111 Å². The van der Waals surface area contributed by atoms with Crippen molar-refractivity contribution >= 4 is 23.3 Å². The van der Waals surface area contributed by atoms with Crippen LogP contribution in [0.1, 0.15) is 26.5 Å². The Morgan fingerprint density at radius 3 is 2.63 bits per heavy atom. The van der Waals surface area contributed by atoms with E-state index >= 15 is 0 Å². The molecule has 7 heteroatoms. The molecule has 0 radical (unpaired) electrons. The van der Waals surface area contributed by atoms with Gasteiger partial charge in [0.1, 0.15) is 5.54 Å². The lowest BCUT2D eigenvalue weighted by molar-refractivity contribution is -0.135. The molecule has 0 bridgehead atoms. The minimum atomic E-state index is -0.846. The minimum absolute atomic E-state index is 0.0913. The van der Waals surface area contributed by atoms with Crippen molar-refractivity contribution < 1.29 is 9.59 Å². The minimum Gasteiger partial charge on any atom is -0.394 e. The van der Waals surface area contributed by atoms with Crippen LogP contribution in [-0.2, 0) is 16.1 Å². The molecule has 1 saturated heterocycles.